The molecule has 0 amide bonds. The van der Waals surface area contributed by atoms with Crippen LogP contribution < -0.4 is 10.1 Å². The molecule has 0 spiro atoms. The van der Waals surface area contributed by atoms with E-state index in [1.54, 1.807) is 7.11 Å². The number of rotatable bonds is 6. The average Bonchev–Trinajstić information content (AvgIpc) is 2.80. The molecule has 0 radical (unpaired) electrons. The van der Waals surface area contributed by atoms with Gasteiger partial charge in [-0.3, -0.25) is 4.68 Å². The van der Waals surface area contributed by atoms with E-state index >= 15 is 0 Å². The number of hydrogen-bond donors (Lipinski definition) is 1. The Morgan fingerprint density at radius 3 is 2.80 bits per heavy atom. The number of aryl methyl sites for hydroxylation is 1. The van der Waals surface area contributed by atoms with Crippen LogP contribution in [0.25, 0.3) is 0 Å². The summed E-state index contributed by atoms with van der Waals surface area (Å²) in [6, 6.07) is 6.09. The molecule has 1 aromatic carbocycles. The van der Waals surface area contributed by atoms with Gasteiger partial charge in [0.2, 0.25) is 0 Å². The van der Waals surface area contributed by atoms with Gasteiger partial charge in [-0.25, -0.2) is 0 Å². The van der Waals surface area contributed by atoms with Gasteiger partial charge in [0, 0.05) is 48.5 Å². The zero-order valence-electron chi connectivity index (χ0n) is 11.5. The topological polar surface area (TPSA) is 39.1 Å². The summed E-state index contributed by atoms with van der Waals surface area (Å²) in [6.07, 6.45) is 2.78. The summed E-state index contributed by atoms with van der Waals surface area (Å²) < 4.78 is 9.32. The second kappa shape index (κ2) is 7.24. The Morgan fingerprint density at radius 2 is 2.15 bits per heavy atom. The highest BCUT2D eigenvalue weighted by molar-refractivity contribution is 9.11. The Kier molecular flexibility index (Phi) is 5.63. The third-order valence-corrected chi connectivity index (χ3v) is 4.13. The normalized spacial score (nSPS) is 10.8. The minimum Gasteiger partial charge on any atom is -0.495 e. The summed E-state index contributed by atoms with van der Waals surface area (Å²) >= 11 is 7.02. The van der Waals surface area contributed by atoms with Crippen molar-refractivity contribution in [3.8, 4) is 5.75 Å². The van der Waals surface area contributed by atoms with Gasteiger partial charge in [-0.15, -0.1) is 0 Å². The molecule has 0 aliphatic carbocycles. The highest BCUT2D eigenvalue weighted by Gasteiger charge is 2.09. The second-order valence-electron chi connectivity index (χ2n) is 4.45. The van der Waals surface area contributed by atoms with Gasteiger partial charge in [-0.1, -0.05) is 15.9 Å². The number of nitrogens with zero attached hydrogens (tertiary/aromatic N) is 2. The van der Waals surface area contributed by atoms with Crippen LogP contribution in [0.5, 0.6) is 5.75 Å². The van der Waals surface area contributed by atoms with Crippen molar-refractivity contribution >= 4 is 31.9 Å². The maximum atomic E-state index is 5.43. The van der Waals surface area contributed by atoms with Crippen LogP contribution in [0.2, 0.25) is 0 Å². The number of ether oxygens (including phenoxy) is 1. The lowest BCUT2D eigenvalue weighted by atomic mass is 10.2. The molecule has 4 nitrogen and oxygen atoms in total. The van der Waals surface area contributed by atoms with Gasteiger partial charge < -0.3 is 10.1 Å². The molecule has 1 aromatic heterocycles. The van der Waals surface area contributed by atoms with E-state index < -0.39 is 0 Å². The molecule has 6 heteroatoms. The first-order chi connectivity index (χ1) is 9.61. The lowest BCUT2D eigenvalue weighted by Crippen LogP contribution is -2.18. The molecule has 0 unspecified atom stereocenters. The minimum atomic E-state index is 0.763. The fourth-order valence-electron chi connectivity index (χ4n) is 2.06. The Hall–Kier alpha value is -0.850. The maximum Gasteiger partial charge on any atom is 0.137 e. The van der Waals surface area contributed by atoms with E-state index in [0.29, 0.717) is 0 Å². The molecule has 0 aliphatic heterocycles. The first kappa shape index (κ1) is 15.5. The standard InChI is InChI=1S/C14H17Br2N3O/c1-19-12(4-6-18-19)3-5-17-9-10-7-11(15)8-13(16)14(10)20-2/h4,6-8,17H,3,5,9H2,1-2H3. The molecule has 0 saturated heterocycles. The number of aromatic nitrogens is 2. The van der Waals surface area contributed by atoms with Crippen LogP contribution in [-0.2, 0) is 20.0 Å². The highest BCUT2D eigenvalue weighted by atomic mass is 79.9. The van der Waals surface area contributed by atoms with Crippen LogP contribution in [-0.4, -0.2) is 23.4 Å². The monoisotopic (exact) mass is 401 g/mol. The van der Waals surface area contributed by atoms with Crippen LogP contribution in [0, 0.1) is 0 Å². The number of nitrogens with one attached hydrogen (secondary N) is 1. The van der Waals surface area contributed by atoms with Crippen molar-refractivity contribution < 1.29 is 4.74 Å². The number of methoxy groups -OCH3 is 1. The zero-order valence-corrected chi connectivity index (χ0v) is 14.7. The third-order valence-electron chi connectivity index (χ3n) is 3.09. The smallest absolute Gasteiger partial charge is 0.137 e. The van der Waals surface area contributed by atoms with Crippen molar-refractivity contribution in [2.45, 2.75) is 13.0 Å². The van der Waals surface area contributed by atoms with E-state index in [9.17, 15) is 0 Å². The Balaban J connectivity index is 1.92. The lowest BCUT2D eigenvalue weighted by molar-refractivity contribution is 0.405. The summed E-state index contributed by atoms with van der Waals surface area (Å²) in [5.74, 6) is 0.876. The third kappa shape index (κ3) is 3.84. The van der Waals surface area contributed by atoms with Gasteiger partial charge in [0.05, 0.1) is 11.6 Å². The largest absolute Gasteiger partial charge is 0.495 e. The van der Waals surface area contributed by atoms with E-state index in [2.05, 4.69) is 48.3 Å². The number of halogens is 2. The van der Waals surface area contributed by atoms with Crippen molar-refractivity contribution in [2.75, 3.05) is 13.7 Å². The van der Waals surface area contributed by atoms with Crippen LogP contribution in [0.3, 0.4) is 0 Å². The number of benzene rings is 1. The molecule has 2 rings (SSSR count). The van der Waals surface area contributed by atoms with Crippen molar-refractivity contribution in [1.29, 1.82) is 0 Å². The van der Waals surface area contributed by atoms with E-state index in [1.807, 2.05) is 30.1 Å². The molecular formula is C14H17Br2N3O. The molecule has 0 saturated carbocycles. The summed E-state index contributed by atoms with van der Waals surface area (Å²) in [5.41, 5.74) is 2.35. The molecule has 0 bridgehead atoms. The summed E-state index contributed by atoms with van der Waals surface area (Å²) in [6.45, 7) is 1.66. The molecule has 1 heterocycles. The predicted molar refractivity (Wildman–Crippen MR) is 87.0 cm³/mol. The summed E-state index contributed by atoms with van der Waals surface area (Å²) in [5, 5.41) is 7.59. The SMILES string of the molecule is COc1c(Br)cc(Br)cc1CNCCc1ccnn1C. The minimum absolute atomic E-state index is 0.763. The highest BCUT2D eigenvalue weighted by Crippen LogP contribution is 2.32. The van der Waals surface area contributed by atoms with Crippen LogP contribution >= 0.6 is 31.9 Å². The zero-order chi connectivity index (χ0) is 14.5. The second-order valence-corrected chi connectivity index (χ2v) is 6.22. The molecule has 2 aromatic rings. The molecule has 20 heavy (non-hydrogen) atoms. The summed E-state index contributed by atoms with van der Waals surface area (Å²) in [4.78, 5) is 0. The molecule has 0 fully saturated rings. The van der Waals surface area contributed by atoms with Gasteiger partial charge in [-0.05, 0) is 34.1 Å². The maximum absolute atomic E-state index is 5.43. The van der Waals surface area contributed by atoms with Crippen LogP contribution in [0.4, 0.5) is 0 Å². The first-order valence-corrected chi connectivity index (χ1v) is 7.90. The fraction of sp³-hybridized carbons (Fsp3) is 0.357. The quantitative estimate of drug-likeness (QED) is 0.753. The molecule has 0 aliphatic rings. The predicted octanol–water partition coefficient (Wildman–Crippen LogP) is 3.29. The average molecular weight is 403 g/mol. The fourth-order valence-corrected chi connectivity index (χ4v) is 3.54. The van der Waals surface area contributed by atoms with Gasteiger partial charge in [-0.2, -0.15) is 5.10 Å². The van der Waals surface area contributed by atoms with Gasteiger partial charge >= 0.3 is 0 Å². The molecular weight excluding hydrogens is 386 g/mol. The van der Waals surface area contributed by atoms with E-state index in [0.717, 1.165) is 39.8 Å². The molecule has 108 valence electrons. The lowest BCUT2D eigenvalue weighted by Gasteiger charge is -2.12. The van der Waals surface area contributed by atoms with Crippen molar-refractivity contribution in [3.05, 3.63) is 44.6 Å². The van der Waals surface area contributed by atoms with Crippen molar-refractivity contribution in [3.63, 3.8) is 0 Å². The summed E-state index contributed by atoms with van der Waals surface area (Å²) in [7, 11) is 3.65. The Bertz CT molecular complexity index is 584. The van der Waals surface area contributed by atoms with Crippen LogP contribution in [0.1, 0.15) is 11.3 Å². The van der Waals surface area contributed by atoms with Crippen molar-refractivity contribution in [1.82, 2.24) is 15.1 Å². The van der Waals surface area contributed by atoms with Crippen LogP contribution in [0.15, 0.2) is 33.3 Å². The van der Waals surface area contributed by atoms with E-state index in [1.165, 1.54) is 5.69 Å². The van der Waals surface area contributed by atoms with Gasteiger partial charge in [0.25, 0.3) is 0 Å². The Morgan fingerprint density at radius 1 is 1.35 bits per heavy atom. The van der Waals surface area contributed by atoms with E-state index in [-0.39, 0.29) is 0 Å². The Labute approximate surface area is 135 Å². The number of hydrogen-bond acceptors (Lipinski definition) is 3. The molecule has 0 atom stereocenters. The van der Waals surface area contributed by atoms with Gasteiger partial charge in [0.15, 0.2) is 0 Å². The molecule has 1 N–H and O–H groups in total. The van der Waals surface area contributed by atoms with E-state index in [4.69, 9.17) is 4.74 Å². The first-order valence-electron chi connectivity index (χ1n) is 6.31. The van der Waals surface area contributed by atoms with Gasteiger partial charge in [0.1, 0.15) is 5.75 Å². The van der Waals surface area contributed by atoms with Crippen molar-refractivity contribution in [2.24, 2.45) is 7.05 Å².